The van der Waals surface area contributed by atoms with Gasteiger partial charge in [0.15, 0.2) is 0 Å². The number of carbonyl (C=O) groups excluding carboxylic acids is 1. The molecule has 1 fully saturated rings. The van der Waals surface area contributed by atoms with Crippen LogP contribution in [0.15, 0.2) is 36.7 Å². The first kappa shape index (κ1) is 15.9. The summed E-state index contributed by atoms with van der Waals surface area (Å²) >= 11 is 0. The Kier molecular flexibility index (Phi) is 5.02. The molecule has 24 heavy (non-hydrogen) atoms. The second kappa shape index (κ2) is 7.55. The lowest BCUT2D eigenvalue weighted by Gasteiger charge is -2.19. The molecule has 1 aliphatic rings. The third-order valence-electron chi connectivity index (χ3n) is 4.06. The smallest absolute Gasteiger partial charge is 0.255 e. The molecule has 6 heteroatoms. The van der Waals surface area contributed by atoms with Crippen LogP contribution in [0.5, 0.6) is 0 Å². The van der Waals surface area contributed by atoms with Crippen molar-refractivity contribution in [1.29, 1.82) is 5.26 Å². The summed E-state index contributed by atoms with van der Waals surface area (Å²) in [7, 11) is 0. The molecule has 1 aliphatic heterocycles. The third kappa shape index (κ3) is 3.87. The van der Waals surface area contributed by atoms with Crippen molar-refractivity contribution < 1.29 is 4.79 Å². The maximum Gasteiger partial charge on any atom is 0.255 e. The summed E-state index contributed by atoms with van der Waals surface area (Å²) in [5.41, 5.74) is 1.57. The normalized spacial score (nSPS) is 14.5. The number of amides is 1. The minimum Gasteiger partial charge on any atom is -0.341 e. The molecule has 1 aromatic heterocycles. The van der Waals surface area contributed by atoms with Crippen LogP contribution < -0.4 is 10.2 Å². The molecule has 122 valence electrons. The van der Waals surface area contributed by atoms with Gasteiger partial charge in [-0.25, -0.2) is 9.97 Å². The molecule has 6 nitrogen and oxygen atoms in total. The van der Waals surface area contributed by atoms with E-state index < -0.39 is 0 Å². The molecule has 1 saturated heterocycles. The zero-order chi connectivity index (χ0) is 16.8. The van der Waals surface area contributed by atoms with E-state index in [-0.39, 0.29) is 5.91 Å². The fourth-order valence-electron chi connectivity index (χ4n) is 2.72. The second-order valence-electron chi connectivity index (χ2n) is 5.82. The molecule has 1 amide bonds. The molecular formula is C18H19N5O. The third-order valence-corrected chi connectivity index (χ3v) is 4.06. The number of hydrogen-bond donors (Lipinski definition) is 1. The van der Waals surface area contributed by atoms with Gasteiger partial charge in [-0.2, -0.15) is 5.26 Å². The lowest BCUT2D eigenvalue weighted by Crippen LogP contribution is -2.26. The monoisotopic (exact) mass is 321 g/mol. The van der Waals surface area contributed by atoms with Crippen LogP contribution in [-0.2, 0) is 0 Å². The van der Waals surface area contributed by atoms with Gasteiger partial charge in [-0.3, -0.25) is 4.79 Å². The zero-order valence-corrected chi connectivity index (χ0v) is 13.4. The largest absolute Gasteiger partial charge is 0.341 e. The molecule has 0 radical (unpaired) electrons. The van der Waals surface area contributed by atoms with Crippen molar-refractivity contribution in [3.8, 4) is 6.07 Å². The molecule has 0 saturated carbocycles. The first-order valence-electron chi connectivity index (χ1n) is 8.15. The highest BCUT2D eigenvalue weighted by molar-refractivity contribution is 6.04. The fourth-order valence-corrected chi connectivity index (χ4v) is 2.72. The topological polar surface area (TPSA) is 81.9 Å². The predicted molar refractivity (Wildman–Crippen MR) is 91.8 cm³/mol. The van der Waals surface area contributed by atoms with Crippen LogP contribution in [-0.4, -0.2) is 29.0 Å². The Labute approximate surface area is 141 Å². The highest BCUT2D eigenvalue weighted by atomic mass is 16.1. The van der Waals surface area contributed by atoms with E-state index in [1.165, 1.54) is 25.7 Å². The number of aromatic nitrogens is 2. The lowest BCUT2D eigenvalue weighted by atomic mass is 10.1. The summed E-state index contributed by atoms with van der Waals surface area (Å²) in [5.74, 6) is 0.471. The van der Waals surface area contributed by atoms with Gasteiger partial charge in [0.05, 0.1) is 29.7 Å². The van der Waals surface area contributed by atoms with Gasteiger partial charge < -0.3 is 10.2 Å². The van der Waals surface area contributed by atoms with Crippen LogP contribution >= 0.6 is 0 Å². The molecule has 3 rings (SSSR count). The number of rotatable bonds is 3. The molecule has 1 aromatic carbocycles. The summed E-state index contributed by atoms with van der Waals surface area (Å²) in [4.78, 5) is 23.1. The van der Waals surface area contributed by atoms with E-state index in [0.717, 1.165) is 13.1 Å². The summed E-state index contributed by atoms with van der Waals surface area (Å²) < 4.78 is 0. The first-order valence-corrected chi connectivity index (χ1v) is 8.15. The highest BCUT2D eigenvalue weighted by Crippen LogP contribution is 2.16. The Bertz CT molecular complexity index is 725. The van der Waals surface area contributed by atoms with E-state index in [1.807, 2.05) is 6.07 Å². The van der Waals surface area contributed by atoms with Gasteiger partial charge >= 0.3 is 0 Å². The first-order chi connectivity index (χ1) is 11.8. The summed E-state index contributed by atoms with van der Waals surface area (Å²) in [6.45, 7) is 1.97. The lowest BCUT2D eigenvalue weighted by molar-refractivity contribution is 0.102. The van der Waals surface area contributed by atoms with E-state index in [4.69, 9.17) is 5.26 Å². The van der Waals surface area contributed by atoms with E-state index in [1.54, 1.807) is 36.7 Å². The number of nitrogens with one attached hydrogen (secondary N) is 1. The van der Waals surface area contributed by atoms with Crippen molar-refractivity contribution in [2.45, 2.75) is 25.7 Å². The number of benzene rings is 1. The van der Waals surface area contributed by atoms with Crippen LogP contribution in [0.3, 0.4) is 0 Å². The molecule has 2 heterocycles. The summed E-state index contributed by atoms with van der Waals surface area (Å²) in [6.07, 6.45) is 8.12. The van der Waals surface area contributed by atoms with Crippen molar-refractivity contribution in [3.63, 3.8) is 0 Å². The molecule has 0 unspecified atom stereocenters. The Morgan fingerprint density at radius 1 is 1.04 bits per heavy atom. The van der Waals surface area contributed by atoms with E-state index in [0.29, 0.717) is 22.8 Å². The number of nitriles is 1. The van der Waals surface area contributed by atoms with Crippen LogP contribution in [0, 0.1) is 11.3 Å². The van der Waals surface area contributed by atoms with Crippen LogP contribution in [0.2, 0.25) is 0 Å². The number of anilines is 2. The van der Waals surface area contributed by atoms with Gasteiger partial charge in [-0.15, -0.1) is 0 Å². The predicted octanol–water partition coefficient (Wildman–Crippen LogP) is 2.98. The molecule has 2 aromatic rings. The number of nitrogens with zero attached hydrogens (tertiary/aromatic N) is 4. The van der Waals surface area contributed by atoms with Crippen molar-refractivity contribution in [1.82, 2.24) is 9.97 Å². The molecule has 0 aliphatic carbocycles. The van der Waals surface area contributed by atoms with Crippen LogP contribution in [0.4, 0.5) is 11.6 Å². The summed E-state index contributed by atoms with van der Waals surface area (Å²) in [6, 6.07) is 8.52. The standard InChI is InChI=1S/C18H19N5O/c19-11-14-5-7-15(8-6-14)17(24)22-16-12-20-18(21-13-16)23-9-3-1-2-4-10-23/h5-8,12-13H,1-4,9-10H2,(H,22,24). The van der Waals surface area contributed by atoms with Gasteiger partial charge in [-0.05, 0) is 37.1 Å². The Morgan fingerprint density at radius 3 is 2.25 bits per heavy atom. The average Bonchev–Trinajstić information content (AvgIpc) is 2.92. The zero-order valence-electron chi connectivity index (χ0n) is 13.4. The van der Waals surface area contributed by atoms with E-state index in [9.17, 15) is 4.79 Å². The van der Waals surface area contributed by atoms with Crippen LogP contribution in [0.1, 0.15) is 41.6 Å². The molecule has 1 N–H and O–H groups in total. The minimum absolute atomic E-state index is 0.245. The fraction of sp³-hybridized carbons (Fsp3) is 0.333. The van der Waals surface area contributed by atoms with Crippen molar-refractivity contribution >= 4 is 17.5 Å². The van der Waals surface area contributed by atoms with Gasteiger partial charge in [0.25, 0.3) is 5.91 Å². The second-order valence-corrected chi connectivity index (χ2v) is 5.82. The summed E-state index contributed by atoms with van der Waals surface area (Å²) in [5, 5.41) is 11.6. The Balaban J connectivity index is 1.64. The highest BCUT2D eigenvalue weighted by Gasteiger charge is 2.13. The quantitative estimate of drug-likeness (QED) is 0.940. The molecule has 0 atom stereocenters. The Hall–Kier alpha value is -2.94. The van der Waals surface area contributed by atoms with Gasteiger partial charge in [-0.1, -0.05) is 12.8 Å². The van der Waals surface area contributed by atoms with Crippen molar-refractivity contribution in [2.75, 3.05) is 23.3 Å². The number of carbonyl (C=O) groups is 1. The van der Waals surface area contributed by atoms with Gasteiger partial charge in [0, 0.05) is 18.7 Å². The van der Waals surface area contributed by atoms with E-state index in [2.05, 4.69) is 20.2 Å². The minimum atomic E-state index is -0.245. The van der Waals surface area contributed by atoms with Gasteiger partial charge in [0.1, 0.15) is 0 Å². The van der Waals surface area contributed by atoms with E-state index >= 15 is 0 Å². The van der Waals surface area contributed by atoms with Crippen molar-refractivity contribution in [2.24, 2.45) is 0 Å². The molecular weight excluding hydrogens is 302 g/mol. The Morgan fingerprint density at radius 2 is 1.67 bits per heavy atom. The van der Waals surface area contributed by atoms with Gasteiger partial charge in [0.2, 0.25) is 5.95 Å². The molecule has 0 bridgehead atoms. The van der Waals surface area contributed by atoms with Crippen LogP contribution in [0.25, 0.3) is 0 Å². The molecule has 0 spiro atoms. The number of hydrogen-bond acceptors (Lipinski definition) is 5. The maximum atomic E-state index is 12.2. The average molecular weight is 321 g/mol. The SMILES string of the molecule is N#Cc1ccc(C(=O)Nc2cnc(N3CCCCCC3)nc2)cc1. The van der Waals surface area contributed by atoms with Crippen molar-refractivity contribution in [3.05, 3.63) is 47.8 Å². The maximum absolute atomic E-state index is 12.2.